The molecule has 4 nitrogen and oxygen atoms in total. The summed E-state index contributed by atoms with van der Waals surface area (Å²) >= 11 is 13.4. The predicted molar refractivity (Wildman–Crippen MR) is 90.9 cm³/mol. The molecule has 22 heavy (non-hydrogen) atoms. The van der Waals surface area contributed by atoms with E-state index >= 15 is 0 Å². The minimum Gasteiger partial charge on any atom is -0.408 e. The molecule has 0 saturated heterocycles. The average Bonchev–Trinajstić information content (AvgIpc) is 3.01. The fourth-order valence-electron chi connectivity index (χ4n) is 2.29. The number of nitrogens with zero attached hydrogens (tertiary/aromatic N) is 2. The van der Waals surface area contributed by atoms with Crippen molar-refractivity contribution in [2.24, 2.45) is 0 Å². The summed E-state index contributed by atoms with van der Waals surface area (Å²) < 4.78 is 7.64. The van der Waals surface area contributed by atoms with Crippen LogP contribution in [0.4, 0.5) is 0 Å². The summed E-state index contributed by atoms with van der Waals surface area (Å²) in [5, 5.41) is 0.550. The Hall–Kier alpha value is -1.27. The minimum atomic E-state index is -0.375. The van der Waals surface area contributed by atoms with Gasteiger partial charge < -0.3 is 4.42 Å². The van der Waals surface area contributed by atoms with Crippen molar-refractivity contribution >= 4 is 45.6 Å². The van der Waals surface area contributed by atoms with Gasteiger partial charge in [-0.1, -0.05) is 30.1 Å². The average molecular weight is 357 g/mol. The van der Waals surface area contributed by atoms with Gasteiger partial charge in [-0.3, -0.25) is 9.47 Å². The molecule has 3 rings (SSSR count). The summed E-state index contributed by atoms with van der Waals surface area (Å²) in [7, 11) is 0. The standard InChI is InChI=1S/C15H14Cl2N2O2S/c1-2-18(8-11-4-6-14(17)22-11)9-19-12-5-3-10(16)7-13(12)21-15(19)20/h3-7H,2,8-9H2,1H3. The SMILES string of the molecule is CCN(Cc1ccc(Cl)s1)Cn1c(=O)oc2cc(Cl)ccc21. The molecule has 3 aromatic rings. The summed E-state index contributed by atoms with van der Waals surface area (Å²) in [6.45, 7) is 4.06. The van der Waals surface area contributed by atoms with Crippen LogP contribution < -0.4 is 5.76 Å². The Bertz CT molecular complexity index is 853. The molecule has 0 radical (unpaired) electrons. The highest BCUT2D eigenvalue weighted by atomic mass is 35.5. The lowest BCUT2D eigenvalue weighted by atomic mass is 10.3. The lowest BCUT2D eigenvalue weighted by Crippen LogP contribution is -2.29. The van der Waals surface area contributed by atoms with Gasteiger partial charge in [0.05, 0.1) is 16.5 Å². The molecule has 0 N–H and O–H groups in total. The Kier molecular flexibility index (Phi) is 4.59. The quantitative estimate of drug-likeness (QED) is 0.678. The molecule has 0 amide bonds. The van der Waals surface area contributed by atoms with Gasteiger partial charge in [-0.05, 0) is 30.8 Å². The van der Waals surface area contributed by atoms with E-state index in [0.29, 0.717) is 17.3 Å². The Balaban J connectivity index is 1.87. The van der Waals surface area contributed by atoms with E-state index in [1.54, 1.807) is 34.1 Å². The van der Waals surface area contributed by atoms with Gasteiger partial charge in [0.15, 0.2) is 5.58 Å². The predicted octanol–water partition coefficient (Wildman–Crippen LogP) is 4.44. The number of fused-ring (bicyclic) bond motifs is 1. The molecular weight excluding hydrogens is 343 g/mol. The lowest BCUT2D eigenvalue weighted by molar-refractivity contribution is 0.218. The van der Waals surface area contributed by atoms with E-state index in [9.17, 15) is 4.79 Å². The van der Waals surface area contributed by atoms with Gasteiger partial charge in [-0.2, -0.15) is 0 Å². The summed E-state index contributed by atoms with van der Waals surface area (Å²) in [5.41, 5.74) is 1.25. The molecule has 0 aliphatic rings. The van der Waals surface area contributed by atoms with Gasteiger partial charge in [0.25, 0.3) is 0 Å². The zero-order valence-electron chi connectivity index (χ0n) is 11.9. The Morgan fingerprint density at radius 1 is 1.27 bits per heavy atom. The molecule has 0 saturated carbocycles. The van der Waals surface area contributed by atoms with Crippen LogP contribution in [0.15, 0.2) is 39.5 Å². The van der Waals surface area contributed by atoms with Crippen molar-refractivity contribution in [3.63, 3.8) is 0 Å². The zero-order chi connectivity index (χ0) is 15.7. The van der Waals surface area contributed by atoms with Gasteiger partial charge in [0.2, 0.25) is 0 Å². The van der Waals surface area contributed by atoms with Crippen molar-refractivity contribution in [2.45, 2.75) is 20.1 Å². The molecule has 2 heterocycles. The lowest BCUT2D eigenvalue weighted by Gasteiger charge is -2.19. The highest BCUT2D eigenvalue weighted by Gasteiger charge is 2.13. The number of rotatable bonds is 5. The van der Waals surface area contributed by atoms with Gasteiger partial charge >= 0.3 is 5.76 Å². The highest BCUT2D eigenvalue weighted by molar-refractivity contribution is 7.16. The van der Waals surface area contributed by atoms with Crippen molar-refractivity contribution in [1.29, 1.82) is 0 Å². The molecule has 0 unspecified atom stereocenters. The highest BCUT2D eigenvalue weighted by Crippen LogP contribution is 2.23. The van der Waals surface area contributed by atoms with Crippen LogP contribution in [0.2, 0.25) is 9.36 Å². The van der Waals surface area contributed by atoms with Crippen LogP contribution in [0.25, 0.3) is 11.1 Å². The monoisotopic (exact) mass is 356 g/mol. The third-order valence-corrected chi connectivity index (χ3v) is 4.88. The molecule has 0 atom stereocenters. The molecule has 0 aliphatic heterocycles. The second kappa shape index (κ2) is 6.46. The fourth-order valence-corrected chi connectivity index (χ4v) is 3.59. The molecular formula is C15H14Cl2N2O2S. The first-order valence-corrected chi connectivity index (χ1v) is 8.39. The number of thiophene rings is 1. The second-order valence-electron chi connectivity index (χ2n) is 4.90. The molecule has 0 bridgehead atoms. The van der Waals surface area contributed by atoms with Crippen molar-refractivity contribution in [3.8, 4) is 0 Å². The van der Waals surface area contributed by atoms with Gasteiger partial charge in [-0.15, -0.1) is 11.3 Å². The van der Waals surface area contributed by atoms with E-state index in [2.05, 4.69) is 11.8 Å². The van der Waals surface area contributed by atoms with Crippen LogP contribution in [0, 0.1) is 0 Å². The van der Waals surface area contributed by atoms with E-state index in [1.165, 1.54) is 0 Å². The maximum atomic E-state index is 12.1. The summed E-state index contributed by atoms with van der Waals surface area (Å²) in [6.07, 6.45) is 0. The topological polar surface area (TPSA) is 38.4 Å². The molecule has 7 heteroatoms. The Morgan fingerprint density at radius 2 is 2.09 bits per heavy atom. The van der Waals surface area contributed by atoms with Crippen molar-refractivity contribution < 1.29 is 4.42 Å². The third kappa shape index (κ3) is 3.22. The molecule has 0 aliphatic carbocycles. The largest absolute Gasteiger partial charge is 0.421 e. The van der Waals surface area contributed by atoms with Crippen molar-refractivity contribution in [3.05, 3.63) is 55.1 Å². The summed E-state index contributed by atoms with van der Waals surface area (Å²) in [4.78, 5) is 15.4. The third-order valence-electron chi connectivity index (χ3n) is 3.43. The number of hydrogen-bond donors (Lipinski definition) is 0. The Labute approximate surface area is 141 Å². The number of halogens is 2. The van der Waals surface area contributed by atoms with Gasteiger partial charge in [0, 0.05) is 22.5 Å². The number of benzene rings is 1. The van der Waals surface area contributed by atoms with Crippen LogP contribution >= 0.6 is 34.5 Å². The first kappa shape index (κ1) is 15.6. The van der Waals surface area contributed by atoms with E-state index in [1.807, 2.05) is 12.1 Å². The number of aromatic nitrogens is 1. The number of hydrogen-bond acceptors (Lipinski definition) is 4. The second-order valence-corrected chi connectivity index (χ2v) is 7.14. The minimum absolute atomic E-state index is 0.375. The van der Waals surface area contributed by atoms with Crippen LogP contribution in [0.1, 0.15) is 11.8 Å². The molecule has 0 fully saturated rings. The van der Waals surface area contributed by atoms with Gasteiger partial charge in [-0.25, -0.2) is 4.79 Å². The molecule has 2 aromatic heterocycles. The molecule has 0 spiro atoms. The van der Waals surface area contributed by atoms with E-state index in [0.717, 1.165) is 27.8 Å². The van der Waals surface area contributed by atoms with E-state index < -0.39 is 0 Å². The maximum Gasteiger partial charge on any atom is 0.421 e. The maximum absolute atomic E-state index is 12.1. The first-order chi connectivity index (χ1) is 10.6. The normalized spacial score (nSPS) is 11.6. The van der Waals surface area contributed by atoms with Crippen LogP contribution in [0.3, 0.4) is 0 Å². The Morgan fingerprint density at radius 3 is 2.77 bits per heavy atom. The van der Waals surface area contributed by atoms with E-state index in [4.69, 9.17) is 27.6 Å². The van der Waals surface area contributed by atoms with Crippen LogP contribution in [0.5, 0.6) is 0 Å². The van der Waals surface area contributed by atoms with Crippen LogP contribution in [-0.2, 0) is 13.2 Å². The number of oxazole rings is 1. The zero-order valence-corrected chi connectivity index (χ0v) is 14.2. The van der Waals surface area contributed by atoms with Crippen molar-refractivity contribution in [2.75, 3.05) is 6.54 Å². The van der Waals surface area contributed by atoms with Crippen LogP contribution in [-0.4, -0.2) is 16.0 Å². The summed E-state index contributed by atoms with van der Waals surface area (Å²) in [6, 6.07) is 9.11. The van der Waals surface area contributed by atoms with Gasteiger partial charge in [0.1, 0.15) is 0 Å². The fraction of sp³-hybridized carbons (Fsp3) is 0.267. The molecule has 1 aromatic carbocycles. The van der Waals surface area contributed by atoms with Crippen molar-refractivity contribution in [1.82, 2.24) is 9.47 Å². The first-order valence-electron chi connectivity index (χ1n) is 6.82. The van der Waals surface area contributed by atoms with E-state index in [-0.39, 0.29) is 5.76 Å². The smallest absolute Gasteiger partial charge is 0.408 e. The summed E-state index contributed by atoms with van der Waals surface area (Å²) in [5.74, 6) is -0.375. The molecule has 116 valence electrons.